The van der Waals surface area contributed by atoms with Crippen molar-refractivity contribution in [2.45, 2.75) is 119 Å². The van der Waals surface area contributed by atoms with Crippen LogP contribution in [0.3, 0.4) is 0 Å². The number of fused-ring (bicyclic) bond motifs is 3. The minimum absolute atomic E-state index is 0.0462. The Morgan fingerprint density at radius 3 is 2.35 bits per heavy atom. The molecule has 2 aliphatic heterocycles. The molecule has 1 aromatic heterocycles. The average Bonchev–Trinajstić information content (AvgIpc) is 4.06. The van der Waals surface area contributed by atoms with Gasteiger partial charge in [-0.05, 0) is 77.3 Å². The van der Waals surface area contributed by atoms with E-state index in [9.17, 15) is 53.9 Å². The number of aromatic nitrogens is 2. The maximum Gasteiger partial charge on any atom is 0.438 e. The van der Waals surface area contributed by atoms with Crippen LogP contribution in [-0.4, -0.2) is 115 Å². The Labute approximate surface area is 359 Å². The Morgan fingerprint density at radius 2 is 1.73 bits per heavy atom. The lowest BCUT2D eigenvalue weighted by Crippen LogP contribution is -2.60. The van der Waals surface area contributed by atoms with Gasteiger partial charge in [0.05, 0.1) is 36.0 Å². The number of carbonyl (C=O) groups is 4. The average molecular weight is 921 g/mol. The largest absolute Gasteiger partial charge is 0.497 e. The molecule has 16 nitrogen and oxygen atoms in total. The number of amides is 4. The maximum atomic E-state index is 14.9. The van der Waals surface area contributed by atoms with Gasteiger partial charge in [-0.2, -0.15) is 26.3 Å². The highest BCUT2D eigenvalue weighted by Gasteiger charge is 2.63. The Bertz CT molecular complexity index is 2250. The zero-order valence-corrected chi connectivity index (χ0v) is 36.1. The summed E-state index contributed by atoms with van der Waals surface area (Å²) in [6.45, 7) is 3.62. The molecule has 3 N–H and O–H groups in total. The van der Waals surface area contributed by atoms with E-state index in [0.29, 0.717) is 39.5 Å². The molecule has 0 unspecified atom stereocenters. The van der Waals surface area contributed by atoms with Gasteiger partial charge in [0.25, 0.3) is 5.91 Å². The number of methoxy groups -OCH3 is 2. The molecule has 7 atom stereocenters. The fourth-order valence-electron chi connectivity index (χ4n) is 7.81. The summed E-state index contributed by atoms with van der Waals surface area (Å²) in [5.41, 5.74) is -6.60. The molecule has 0 bridgehead atoms. The molecule has 23 heteroatoms. The summed E-state index contributed by atoms with van der Waals surface area (Å²) in [7, 11) is -1.58. The van der Waals surface area contributed by atoms with Gasteiger partial charge in [0.1, 0.15) is 29.5 Å². The molecule has 0 radical (unpaired) electrons. The standard InChI is InChI=1S/C40H50F6N6O10S/c1-21-9-7-8-10-23-18-38(23,34(55)51-63(57,58)37(4)13-14-37)50-31(53)28-17-25(61-32-30(39(41,42)43)47-26-12-11-24(60-6)16-27(26)48-32)19-52(28)33(54)29(22(15-21)20-59-5)49-35(56)62-36(2,3)40(44,45)46/h8,10-12,16,21-23,25,28-29H,7,9,13-15,17-20H2,1-6H3,(H,49,56)(H,50,53)(H,51,55)/t21-,22+,23-,25-,28+,29+,38-/m1/s1. The first-order valence-corrected chi connectivity index (χ1v) is 21.7. The molecule has 0 spiro atoms. The smallest absolute Gasteiger partial charge is 0.438 e. The zero-order valence-electron chi connectivity index (χ0n) is 35.3. The second-order valence-electron chi connectivity index (χ2n) is 17.4. The number of nitrogens with zero attached hydrogens (tertiary/aromatic N) is 3. The Kier molecular flexibility index (Phi) is 13.0. The van der Waals surface area contributed by atoms with Crippen LogP contribution in [0.25, 0.3) is 11.0 Å². The first kappa shape index (κ1) is 47.5. The van der Waals surface area contributed by atoms with Gasteiger partial charge in [0.2, 0.25) is 39.0 Å². The van der Waals surface area contributed by atoms with E-state index in [1.54, 1.807) is 12.2 Å². The quantitative estimate of drug-likeness (QED) is 0.214. The predicted molar refractivity (Wildman–Crippen MR) is 210 cm³/mol. The molecule has 63 heavy (non-hydrogen) atoms. The van der Waals surface area contributed by atoms with E-state index < -0.39 is 117 Å². The first-order chi connectivity index (χ1) is 29.2. The SMILES string of the molecule is COC[C@@H]1C[C@H](C)CCC=C[C@@H]2C[C@@]2(C(=O)NS(=O)(=O)C2(C)CC2)NC(=O)[C@@H]2C[C@@H](Oc3nc4cc(OC)ccc4nc3C(F)(F)F)CN2C(=O)[C@H]1NC(=O)OC(C)(C)C(F)(F)F. The minimum atomic E-state index is -5.11. The van der Waals surface area contributed by atoms with Crippen LogP contribution in [0.15, 0.2) is 30.4 Å². The summed E-state index contributed by atoms with van der Waals surface area (Å²) >= 11 is 0. The second-order valence-corrected chi connectivity index (χ2v) is 19.6. The van der Waals surface area contributed by atoms with Crippen molar-refractivity contribution in [3.8, 4) is 11.6 Å². The highest BCUT2D eigenvalue weighted by molar-refractivity contribution is 7.91. The molecule has 4 aliphatic rings. The van der Waals surface area contributed by atoms with Crippen LogP contribution in [0.4, 0.5) is 31.1 Å². The normalized spacial score (nSPS) is 27.8. The lowest BCUT2D eigenvalue weighted by molar-refractivity contribution is -0.244. The fourth-order valence-corrected chi connectivity index (χ4v) is 9.12. The summed E-state index contributed by atoms with van der Waals surface area (Å²) in [5.74, 6) is -5.81. The van der Waals surface area contributed by atoms with Gasteiger partial charge < -0.3 is 34.5 Å². The molecular weight excluding hydrogens is 871 g/mol. The van der Waals surface area contributed by atoms with Crippen molar-refractivity contribution in [1.29, 1.82) is 0 Å². The number of sulfonamides is 1. The van der Waals surface area contributed by atoms with Gasteiger partial charge in [0.15, 0.2) is 0 Å². The number of hydrogen-bond donors (Lipinski definition) is 3. The Hall–Kier alpha value is -4.93. The molecule has 1 aromatic carbocycles. The number of nitrogens with one attached hydrogen (secondary N) is 3. The fraction of sp³-hybridized carbons (Fsp3) is 0.650. The van der Waals surface area contributed by atoms with E-state index >= 15 is 0 Å². The molecule has 2 aliphatic carbocycles. The van der Waals surface area contributed by atoms with Crippen molar-refractivity contribution in [2.24, 2.45) is 17.8 Å². The first-order valence-electron chi connectivity index (χ1n) is 20.2. The van der Waals surface area contributed by atoms with Crippen molar-refractivity contribution < 1.29 is 72.9 Å². The van der Waals surface area contributed by atoms with Gasteiger partial charge in [-0.1, -0.05) is 19.1 Å². The van der Waals surface area contributed by atoms with Gasteiger partial charge in [0, 0.05) is 31.4 Å². The summed E-state index contributed by atoms with van der Waals surface area (Å²) < 4.78 is 134. The third-order valence-corrected chi connectivity index (χ3v) is 14.3. The van der Waals surface area contributed by atoms with E-state index in [0.717, 1.165) is 4.90 Å². The third kappa shape index (κ3) is 10.1. The lowest BCUT2D eigenvalue weighted by Gasteiger charge is -2.35. The number of carbonyl (C=O) groups excluding carboxylic acids is 4. The monoisotopic (exact) mass is 920 g/mol. The van der Waals surface area contributed by atoms with E-state index in [-0.39, 0.29) is 42.1 Å². The Balaban J connectivity index is 1.41. The van der Waals surface area contributed by atoms with Crippen molar-refractivity contribution in [2.75, 3.05) is 27.4 Å². The number of benzene rings is 1. The van der Waals surface area contributed by atoms with Crippen LogP contribution in [0.5, 0.6) is 11.6 Å². The van der Waals surface area contributed by atoms with Crippen molar-refractivity contribution in [3.63, 3.8) is 0 Å². The van der Waals surface area contributed by atoms with Gasteiger partial charge in [-0.3, -0.25) is 19.1 Å². The van der Waals surface area contributed by atoms with Gasteiger partial charge >= 0.3 is 18.4 Å². The summed E-state index contributed by atoms with van der Waals surface area (Å²) in [5, 5.41) is 4.88. The van der Waals surface area contributed by atoms with Gasteiger partial charge in [-0.25, -0.2) is 23.2 Å². The van der Waals surface area contributed by atoms with E-state index in [1.165, 1.54) is 39.3 Å². The molecular formula is C40H50F6N6O10S. The highest BCUT2D eigenvalue weighted by atomic mass is 32.2. The van der Waals surface area contributed by atoms with Crippen LogP contribution < -0.4 is 24.8 Å². The molecule has 3 fully saturated rings. The lowest BCUT2D eigenvalue weighted by atomic mass is 9.87. The molecule has 348 valence electrons. The summed E-state index contributed by atoms with van der Waals surface area (Å²) in [6.07, 6.45) is -8.77. The number of ether oxygens (including phenoxy) is 4. The molecule has 2 aromatic rings. The van der Waals surface area contributed by atoms with Crippen molar-refractivity contribution in [3.05, 3.63) is 36.0 Å². The number of allylic oxidation sites excluding steroid dienone is 1. The van der Waals surface area contributed by atoms with Crippen molar-refractivity contribution in [1.82, 2.24) is 30.2 Å². The minimum Gasteiger partial charge on any atom is -0.497 e. The molecule has 3 heterocycles. The maximum absolute atomic E-state index is 14.9. The molecule has 2 saturated carbocycles. The predicted octanol–water partition coefficient (Wildman–Crippen LogP) is 4.95. The number of halogens is 6. The zero-order chi connectivity index (χ0) is 46.5. The summed E-state index contributed by atoms with van der Waals surface area (Å²) in [6, 6.07) is 0.527. The van der Waals surface area contributed by atoms with E-state index in [2.05, 4.69) is 25.3 Å². The van der Waals surface area contributed by atoms with E-state index in [4.69, 9.17) is 18.9 Å². The van der Waals surface area contributed by atoms with Crippen molar-refractivity contribution >= 4 is 44.9 Å². The van der Waals surface area contributed by atoms with Gasteiger partial charge in [-0.15, -0.1) is 0 Å². The second kappa shape index (κ2) is 17.2. The van der Waals surface area contributed by atoms with Crippen LogP contribution >= 0.6 is 0 Å². The van der Waals surface area contributed by atoms with Crippen LogP contribution in [0, 0.1) is 17.8 Å². The number of rotatable bonds is 10. The molecule has 6 rings (SSSR count). The topological polar surface area (TPSA) is 204 Å². The van der Waals surface area contributed by atoms with E-state index in [1.807, 2.05) is 6.92 Å². The van der Waals surface area contributed by atoms with Crippen LogP contribution in [-0.2, 0) is 40.1 Å². The van der Waals surface area contributed by atoms with Crippen LogP contribution in [0.1, 0.15) is 78.3 Å². The Morgan fingerprint density at radius 1 is 1.03 bits per heavy atom. The highest BCUT2D eigenvalue weighted by Crippen LogP contribution is 2.48. The molecule has 4 amide bonds. The summed E-state index contributed by atoms with van der Waals surface area (Å²) in [4.78, 5) is 65.4. The number of alkyl halides is 6. The third-order valence-electron chi connectivity index (χ3n) is 12.2. The number of alkyl carbamates (subject to hydrolysis) is 1. The molecule has 1 saturated heterocycles. The number of hydrogen-bond acceptors (Lipinski definition) is 12. The van der Waals surface area contributed by atoms with Crippen LogP contribution in [0.2, 0.25) is 0 Å².